The highest BCUT2D eigenvalue weighted by Crippen LogP contribution is 2.44. The summed E-state index contributed by atoms with van der Waals surface area (Å²) in [5, 5.41) is 12.1. The van der Waals surface area contributed by atoms with Gasteiger partial charge in [-0.3, -0.25) is 4.99 Å². The fraction of sp³-hybridized carbons (Fsp3) is 0.128. The van der Waals surface area contributed by atoms with Gasteiger partial charge in [-0.2, -0.15) is 0 Å². The number of para-hydroxylation sites is 1. The van der Waals surface area contributed by atoms with Crippen molar-refractivity contribution < 1.29 is 9.90 Å². The summed E-state index contributed by atoms with van der Waals surface area (Å²) in [4.78, 5) is 23.8. The zero-order chi connectivity index (χ0) is 31.6. The normalized spacial score (nSPS) is 14.0. The Morgan fingerprint density at radius 2 is 1.43 bits per heavy atom. The summed E-state index contributed by atoms with van der Waals surface area (Å²) >= 11 is 5.45. The van der Waals surface area contributed by atoms with Crippen molar-refractivity contribution in [1.29, 1.82) is 0 Å². The standard InChI is InChI=1S/C39H30N2O2S3/c1-4-41-30-8-6-5-7-26(30)27-21-23(10-14-31(27)41)32-16-17-35(45-32)36-19-18-34(46-36)33-15-11-25(44-33)12-20-37-39(2,3)28-22-24(38(42)43)9-13-29(28)40-37/h5-22H,4H2,1-3H3,(H,42,43)/b20-12+. The van der Waals surface area contributed by atoms with Gasteiger partial charge in [0.05, 0.1) is 17.0 Å². The van der Waals surface area contributed by atoms with Crippen LogP contribution in [0.15, 0.2) is 108 Å². The van der Waals surface area contributed by atoms with E-state index in [1.54, 1.807) is 29.5 Å². The number of thiophene rings is 3. The molecule has 1 N–H and O–H groups in total. The summed E-state index contributed by atoms with van der Waals surface area (Å²) < 4.78 is 2.40. The molecule has 7 heteroatoms. The summed E-state index contributed by atoms with van der Waals surface area (Å²) in [5.74, 6) is -0.917. The van der Waals surface area contributed by atoms with Crippen molar-refractivity contribution in [2.24, 2.45) is 4.99 Å². The number of aliphatic imine (C=N–C) groups is 1. The lowest BCUT2D eigenvalue weighted by molar-refractivity contribution is 0.0696. The Morgan fingerprint density at radius 3 is 2.20 bits per heavy atom. The van der Waals surface area contributed by atoms with Crippen LogP contribution in [0.5, 0.6) is 0 Å². The molecule has 46 heavy (non-hydrogen) atoms. The summed E-state index contributed by atoms with van der Waals surface area (Å²) in [6.45, 7) is 7.36. The van der Waals surface area contributed by atoms with Crippen LogP contribution in [-0.2, 0) is 12.0 Å². The highest BCUT2D eigenvalue weighted by molar-refractivity contribution is 7.27. The molecule has 0 atom stereocenters. The third kappa shape index (κ3) is 4.78. The van der Waals surface area contributed by atoms with Gasteiger partial charge < -0.3 is 9.67 Å². The van der Waals surface area contributed by atoms with E-state index in [4.69, 9.17) is 4.99 Å². The second-order valence-corrected chi connectivity index (χ2v) is 15.3. The topological polar surface area (TPSA) is 54.6 Å². The van der Waals surface area contributed by atoms with Crippen LogP contribution in [0.3, 0.4) is 0 Å². The van der Waals surface area contributed by atoms with E-state index < -0.39 is 5.97 Å². The maximum Gasteiger partial charge on any atom is 0.335 e. The van der Waals surface area contributed by atoms with Crippen LogP contribution in [0.2, 0.25) is 0 Å². The Bertz CT molecular complexity index is 2380. The Morgan fingerprint density at radius 1 is 0.761 bits per heavy atom. The van der Waals surface area contributed by atoms with E-state index in [2.05, 4.69) is 116 Å². The minimum Gasteiger partial charge on any atom is -0.478 e. The minimum atomic E-state index is -0.917. The van der Waals surface area contributed by atoms with Gasteiger partial charge in [0.25, 0.3) is 0 Å². The molecule has 3 aromatic carbocycles. The predicted octanol–water partition coefficient (Wildman–Crippen LogP) is 11.8. The number of nitrogens with zero attached hydrogens (tertiary/aromatic N) is 2. The van der Waals surface area contributed by atoms with Crippen molar-refractivity contribution in [2.75, 3.05) is 0 Å². The molecule has 5 heterocycles. The number of carbonyl (C=O) groups is 1. The van der Waals surface area contributed by atoms with Gasteiger partial charge in [0.2, 0.25) is 0 Å². The molecule has 0 amide bonds. The number of benzene rings is 3. The van der Waals surface area contributed by atoms with Gasteiger partial charge in [-0.15, -0.1) is 34.0 Å². The van der Waals surface area contributed by atoms with Crippen LogP contribution >= 0.6 is 34.0 Å². The number of hydrogen-bond donors (Lipinski definition) is 1. The van der Waals surface area contributed by atoms with E-state index in [9.17, 15) is 9.90 Å². The molecule has 8 rings (SSSR count). The first-order valence-corrected chi connectivity index (χ1v) is 17.7. The highest BCUT2D eigenvalue weighted by Gasteiger charge is 2.34. The summed E-state index contributed by atoms with van der Waals surface area (Å²) in [6.07, 6.45) is 4.19. The van der Waals surface area contributed by atoms with Crippen LogP contribution in [-0.4, -0.2) is 21.4 Å². The molecule has 1 aliphatic heterocycles. The van der Waals surface area contributed by atoms with Crippen molar-refractivity contribution in [3.8, 4) is 29.9 Å². The minimum absolute atomic E-state index is 0.294. The predicted molar refractivity (Wildman–Crippen MR) is 198 cm³/mol. The maximum absolute atomic E-state index is 11.5. The Balaban J connectivity index is 1.02. The first kappa shape index (κ1) is 28.9. The number of carboxylic acids is 1. The average molecular weight is 655 g/mol. The molecule has 4 aromatic heterocycles. The van der Waals surface area contributed by atoms with Gasteiger partial charge in [0, 0.05) is 63.0 Å². The Kier molecular flexibility index (Phi) is 6.94. The molecule has 0 fully saturated rings. The van der Waals surface area contributed by atoms with E-state index >= 15 is 0 Å². The molecular weight excluding hydrogens is 625 g/mol. The smallest absolute Gasteiger partial charge is 0.335 e. The molecule has 0 saturated heterocycles. The second kappa shape index (κ2) is 11.1. The summed E-state index contributed by atoms with van der Waals surface area (Å²) in [7, 11) is 0. The fourth-order valence-corrected chi connectivity index (χ4v) is 9.53. The lowest BCUT2D eigenvalue weighted by Crippen LogP contribution is -2.24. The van der Waals surface area contributed by atoms with E-state index in [1.165, 1.54) is 51.8 Å². The van der Waals surface area contributed by atoms with Crippen LogP contribution in [0, 0.1) is 0 Å². The molecule has 0 unspecified atom stereocenters. The van der Waals surface area contributed by atoms with Gasteiger partial charge in [-0.1, -0.05) is 38.1 Å². The fourth-order valence-electron chi connectivity index (χ4n) is 6.43. The molecule has 0 saturated carbocycles. The molecule has 0 aliphatic carbocycles. The Hall–Kier alpha value is -4.56. The van der Waals surface area contributed by atoms with Crippen LogP contribution in [0.4, 0.5) is 5.69 Å². The summed E-state index contributed by atoms with van der Waals surface area (Å²) in [5.41, 5.74) is 6.50. The lowest BCUT2D eigenvalue weighted by Gasteiger charge is -2.20. The molecule has 0 radical (unpaired) electrons. The molecule has 7 aromatic rings. The van der Waals surface area contributed by atoms with Gasteiger partial charge in [-0.05, 0) is 103 Å². The zero-order valence-corrected chi connectivity index (χ0v) is 28.0. The highest BCUT2D eigenvalue weighted by atomic mass is 32.1. The van der Waals surface area contributed by atoms with Gasteiger partial charge >= 0.3 is 5.97 Å². The number of aromatic carboxylic acids is 1. The number of hydrogen-bond acceptors (Lipinski definition) is 5. The van der Waals surface area contributed by atoms with Crippen molar-refractivity contribution >= 4 is 79.3 Å². The van der Waals surface area contributed by atoms with E-state index in [1.807, 2.05) is 22.7 Å². The number of aryl methyl sites for hydroxylation is 1. The first-order chi connectivity index (χ1) is 22.3. The molecule has 0 spiro atoms. The number of fused-ring (bicyclic) bond motifs is 4. The largest absolute Gasteiger partial charge is 0.478 e. The van der Waals surface area contributed by atoms with Gasteiger partial charge in [0.15, 0.2) is 0 Å². The Labute approximate surface area is 279 Å². The van der Waals surface area contributed by atoms with Crippen LogP contribution < -0.4 is 0 Å². The number of allylic oxidation sites excluding steroid dienone is 1. The molecule has 0 bridgehead atoms. The molecule has 1 aliphatic rings. The molecular formula is C39H30N2O2S3. The number of rotatable bonds is 7. The number of carboxylic acid groups (broad SMARTS) is 1. The van der Waals surface area contributed by atoms with E-state index in [0.29, 0.717) is 5.56 Å². The SMILES string of the molecule is CCn1c2ccccc2c2cc(-c3ccc(-c4ccc(-c5ccc(/C=C/C6=Nc7ccc(C(=O)O)cc7C6(C)C)s5)s4)s3)ccc21. The zero-order valence-electron chi connectivity index (χ0n) is 25.6. The third-order valence-corrected chi connectivity index (χ3v) is 12.6. The average Bonchev–Trinajstić information content (AvgIpc) is 3.89. The second-order valence-electron chi connectivity index (χ2n) is 12.0. The number of aromatic nitrogens is 1. The van der Waals surface area contributed by atoms with Crippen molar-refractivity contribution in [3.63, 3.8) is 0 Å². The van der Waals surface area contributed by atoms with Crippen LogP contribution in [0.1, 0.15) is 41.6 Å². The summed E-state index contributed by atoms with van der Waals surface area (Å²) in [6, 6.07) is 34.1. The van der Waals surface area contributed by atoms with Crippen LogP contribution in [0.25, 0.3) is 57.8 Å². The monoisotopic (exact) mass is 654 g/mol. The van der Waals surface area contributed by atoms with Crippen molar-refractivity contribution in [2.45, 2.75) is 32.7 Å². The van der Waals surface area contributed by atoms with E-state index in [0.717, 1.165) is 28.4 Å². The third-order valence-electron chi connectivity index (χ3n) is 8.90. The van der Waals surface area contributed by atoms with Gasteiger partial charge in [0.1, 0.15) is 0 Å². The molecule has 4 nitrogen and oxygen atoms in total. The van der Waals surface area contributed by atoms with Gasteiger partial charge in [-0.25, -0.2) is 4.79 Å². The lowest BCUT2D eigenvalue weighted by atomic mass is 9.81. The van der Waals surface area contributed by atoms with Crippen molar-refractivity contribution in [1.82, 2.24) is 4.57 Å². The van der Waals surface area contributed by atoms with E-state index in [-0.39, 0.29) is 5.41 Å². The first-order valence-electron chi connectivity index (χ1n) is 15.3. The quantitative estimate of drug-likeness (QED) is 0.186. The maximum atomic E-state index is 11.5. The van der Waals surface area contributed by atoms with Crippen molar-refractivity contribution in [3.05, 3.63) is 119 Å². The molecule has 226 valence electrons.